The van der Waals surface area contributed by atoms with Crippen molar-refractivity contribution in [2.75, 3.05) is 27.5 Å². The lowest BCUT2D eigenvalue weighted by atomic mass is 10.0. The summed E-state index contributed by atoms with van der Waals surface area (Å²) in [6.07, 6.45) is -0.304. The number of benzene rings is 1. The van der Waals surface area contributed by atoms with Crippen LogP contribution in [0.25, 0.3) is 0 Å². The van der Waals surface area contributed by atoms with Crippen molar-refractivity contribution >= 4 is 13.5 Å². The summed E-state index contributed by atoms with van der Waals surface area (Å²) < 4.78 is 26.6. The van der Waals surface area contributed by atoms with Crippen molar-refractivity contribution in [2.24, 2.45) is 0 Å². The molecule has 0 spiro atoms. The summed E-state index contributed by atoms with van der Waals surface area (Å²) in [4.78, 5) is 11.8. The highest BCUT2D eigenvalue weighted by Gasteiger charge is 2.25. The molecule has 1 aromatic carbocycles. The van der Waals surface area contributed by atoms with Gasteiger partial charge in [-0.15, -0.1) is 0 Å². The Morgan fingerprint density at radius 1 is 1.19 bits per heavy atom. The van der Waals surface area contributed by atoms with E-state index in [9.17, 15) is 9.36 Å². The molecule has 0 unspecified atom stereocenters. The highest BCUT2D eigenvalue weighted by atomic mass is 31.2. The lowest BCUT2D eigenvalue weighted by Gasteiger charge is -2.14. The fourth-order valence-corrected chi connectivity index (χ4v) is 2.72. The van der Waals surface area contributed by atoms with Gasteiger partial charge in [0.05, 0.1) is 7.11 Å². The topological polar surface area (TPSA) is 73.9 Å². The Hall–Kier alpha value is -1.36. The quantitative estimate of drug-likeness (QED) is 0.782. The summed E-state index contributed by atoms with van der Waals surface area (Å²) in [5, 5.41) is 2.69. The van der Waals surface area contributed by atoms with E-state index in [1.165, 1.54) is 14.2 Å². The predicted molar refractivity (Wildman–Crippen MR) is 80.8 cm³/mol. The van der Waals surface area contributed by atoms with Gasteiger partial charge in [-0.2, -0.15) is 0 Å². The SMILES string of the molecule is COc1cc(CNC(=O)CP(=O)(OC)OC)cc(C)c1C. The van der Waals surface area contributed by atoms with Crippen LogP contribution in [-0.4, -0.2) is 33.4 Å². The summed E-state index contributed by atoms with van der Waals surface area (Å²) in [5.41, 5.74) is 3.06. The van der Waals surface area contributed by atoms with Crippen LogP contribution < -0.4 is 10.1 Å². The van der Waals surface area contributed by atoms with E-state index in [4.69, 9.17) is 13.8 Å². The number of hydrogen-bond donors (Lipinski definition) is 1. The summed E-state index contributed by atoms with van der Waals surface area (Å²) in [6, 6.07) is 3.85. The van der Waals surface area contributed by atoms with E-state index in [2.05, 4.69) is 5.32 Å². The molecular weight excluding hydrogens is 293 g/mol. The molecule has 0 aromatic heterocycles. The maximum atomic E-state index is 11.8. The Morgan fingerprint density at radius 3 is 2.33 bits per heavy atom. The molecule has 0 atom stereocenters. The zero-order valence-corrected chi connectivity index (χ0v) is 14.0. The lowest BCUT2D eigenvalue weighted by Crippen LogP contribution is -2.26. The van der Waals surface area contributed by atoms with Crippen LogP contribution in [0.15, 0.2) is 12.1 Å². The Morgan fingerprint density at radius 2 is 1.81 bits per heavy atom. The first-order valence-corrected chi connectivity index (χ1v) is 8.19. The van der Waals surface area contributed by atoms with E-state index < -0.39 is 7.60 Å². The van der Waals surface area contributed by atoms with Gasteiger partial charge in [0.1, 0.15) is 11.9 Å². The van der Waals surface area contributed by atoms with E-state index >= 15 is 0 Å². The second-order valence-electron chi connectivity index (χ2n) is 4.65. The van der Waals surface area contributed by atoms with Crippen molar-refractivity contribution in [1.82, 2.24) is 5.32 Å². The van der Waals surface area contributed by atoms with Gasteiger partial charge in [0, 0.05) is 20.8 Å². The monoisotopic (exact) mass is 315 g/mol. The normalized spacial score (nSPS) is 11.3. The number of amides is 1. The Balaban J connectivity index is 2.70. The van der Waals surface area contributed by atoms with Gasteiger partial charge in [0.15, 0.2) is 0 Å². The summed E-state index contributed by atoms with van der Waals surface area (Å²) in [5.74, 6) is 0.387. The molecule has 118 valence electrons. The number of nitrogens with one attached hydrogen (secondary N) is 1. The molecule has 0 bridgehead atoms. The van der Waals surface area contributed by atoms with Gasteiger partial charge in [0.2, 0.25) is 5.91 Å². The highest BCUT2D eigenvalue weighted by Crippen LogP contribution is 2.45. The van der Waals surface area contributed by atoms with Gasteiger partial charge in [-0.05, 0) is 36.6 Å². The molecule has 1 rings (SSSR count). The minimum Gasteiger partial charge on any atom is -0.496 e. The van der Waals surface area contributed by atoms with E-state index in [1.54, 1.807) is 7.11 Å². The number of ether oxygens (including phenoxy) is 1. The van der Waals surface area contributed by atoms with E-state index in [-0.39, 0.29) is 12.1 Å². The van der Waals surface area contributed by atoms with Gasteiger partial charge in [0.25, 0.3) is 0 Å². The minimum absolute atomic E-state index is 0.304. The molecule has 1 aromatic rings. The Bertz CT molecular complexity index is 551. The predicted octanol–water partition coefficient (Wildman–Crippen LogP) is 2.41. The number of rotatable bonds is 7. The Kier molecular flexibility index (Phi) is 6.40. The molecule has 0 saturated heterocycles. The first-order valence-electron chi connectivity index (χ1n) is 6.46. The molecule has 0 saturated carbocycles. The van der Waals surface area contributed by atoms with E-state index in [0.29, 0.717) is 6.54 Å². The van der Waals surface area contributed by atoms with E-state index in [0.717, 1.165) is 22.4 Å². The standard InChI is InChI=1S/C14H22NO5P/c1-10-6-12(7-13(18-3)11(10)2)8-15-14(16)9-21(17,19-4)20-5/h6-7H,8-9H2,1-5H3,(H,15,16). The molecule has 0 aliphatic rings. The van der Waals surface area contributed by atoms with Crippen LogP contribution in [0.5, 0.6) is 5.75 Å². The van der Waals surface area contributed by atoms with Crippen molar-refractivity contribution in [3.63, 3.8) is 0 Å². The summed E-state index contributed by atoms with van der Waals surface area (Å²) >= 11 is 0. The van der Waals surface area contributed by atoms with Crippen molar-refractivity contribution in [3.8, 4) is 5.75 Å². The summed E-state index contributed by atoms with van der Waals surface area (Å²) in [6.45, 7) is 4.28. The zero-order chi connectivity index (χ0) is 16.0. The van der Waals surface area contributed by atoms with Gasteiger partial charge in [-0.25, -0.2) is 0 Å². The first-order chi connectivity index (χ1) is 9.85. The molecule has 0 aliphatic carbocycles. The van der Waals surface area contributed by atoms with Gasteiger partial charge in [-0.3, -0.25) is 9.36 Å². The maximum Gasteiger partial charge on any atom is 0.339 e. The molecular formula is C14H22NO5P. The van der Waals surface area contributed by atoms with Gasteiger partial charge >= 0.3 is 7.60 Å². The van der Waals surface area contributed by atoms with Gasteiger partial charge in [-0.1, -0.05) is 6.07 Å². The lowest BCUT2D eigenvalue weighted by molar-refractivity contribution is -0.119. The average Bonchev–Trinajstić information content (AvgIpc) is 2.48. The van der Waals surface area contributed by atoms with Crippen LogP contribution in [0.2, 0.25) is 0 Å². The third kappa shape index (κ3) is 4.84. The maximum absolute atomic E-state index is 11.8. The Labute approximate surface area is 125 Å². The van der Waals surface area contributed by atoms with Crippen molar-refractivity contribution in [2.45, 2.75) is 20.4 Å². The van der Waals surface area contributed by atoms with Crippen LogP contribution in [0.1, 0.15) is 16.7 Å². The van der Waals surface area contributed by atoms with E-state index in [1.807, 2.05) is 26.0 Å². The number of carbonyl (C=O) groups is 1. The molecule has 0 heterocycles. The first kappa shape index (κ1) is 17.7. The zero-order valence-electron chi connectivity index (χ0n) is 13.1. The number of carbonyl (C=O) groups excluding carboxylic acids is 1. The van der Waals surface area contributed by atoms with Crippen LogP contribution in [-0.2, 0) is 25.0 Å². The molecule has 6 nitrogen and oxygen atoms in total. The van der Waals surface area contributed by atoms with Crippen LogP contribution in [0, 0.1) is 13.8 Å². The molecule has 21 heavy (non-hydrogen) atoms. The molecule has 7 heteroatoms. The average molecular weight is 315 g/mol. The molecule has 0 fully saturated rings. The second-order valence-corrected chi connectivity index (χ2v) is 6.92. The van der Waals surface area contributed by atoms with Crippen LogP contribution in [0.3, 0.4) is 0 Å². The van der Waals surface area contributed by atoms with Crippen LogP contribution in [0.4, 0.5) is 0 Å². The second kappa shape index (κ2) is 7.59. The van der Waals surface area contributed by atoms with Crippen molar-refractivity contribution in [1.29, 1.82) is 0 Å². The number of hydrogen-bond acceptors (Lipinski definition) is 5. The molecule has 1 amide bonds. The van der Waals surface area contributed by atoms with Crippen molar-refractivity contribution < 1.29 is 23.1 Å². The highest BCUT2D eigenvalue weighted by molar-refractivity contribution is 7.54. The molecule has 1 N–H and O–H groups in total. The molecule has 0 aliphatic heterocycles. The van der Waals surface area contributed by atoms with Gasteiger partial charge < -0.3 is 19.1 Å². The third-order valence-electron chi connectivity index (χ3n) is 3.28. The fraction of sp³-hybridized carbons (Fsp3) is 0.500. The minimum atomic E-state index is -3.33. The number of methoxy groups -OCH3 is 1. The fourth-order valence-electron chi connectivity index (χ4n) is 1.85. The number of aryl methyl sites for hydroxylation is 1. The van der Waals surface area contributed by atoms with Crippen molar-refractivity contribution in [3.05, 3.63) is 28.8 Å². The summed E-state index contributed by atoms with van der Waals surface area (Å²) in [7, 11) is 0.792. The smallest absolute Gasteiger partial charge is 0.339 e. The molecule has 0 radical (unpaired) electrons. The largest absolute Gasteiger partial charge is 0.496 e. The third-order valence-corrected chi connectivity index (χ3v) is 5.07. The van der Waals surface area contributed by atoms with Crippen LogP contribution >= 0.6 is 7.60 Å².